The molecule has 2 aromatic carbocycles. The molecule has 0 bridgehead atoms. The fourth-order valence-electron chi connectivity index (χ4n) is 1.89. The zero-order chi connectivity index (χ0) is 14.4. The number of anilines is 2. The van der Waals surface area contributed by atoms with Crippen LogP contribution in [0.15, 0.2) is 48.5 Å². The van der Waals surface area contributed by atoms with Crippen LogP contribution in [0.2, 0.25) is 0 Å². The number of carbonyl (C=O) groups excluding carboxylic acids is 1. The van der Waals surface area contributed by atoms with Crippen LogP contribution in [0.3, 0.4) is 0 Å². The summed E-state index contributed by atoms with van der Waals surface area (Å²) >= 11 is 0. The van der Waals surface area contributed by atoms with Gasteiger partial charge in [0.15, 0.2) is 0 Å². The Morgan fingerprint density at radius 3 is 2.35 bits per heavy atom. The lowest BCUT2D eigenvalue weighted by molar-refractivity contribution is 0.262. The van der Waals surface area contributed by atoms with E-state index < -0.39 is 0 Å². The molecule has 0 fully saturated rings. The van der Waals surface area contributed by atoms with Crippen LogP contribution in [0.1, 0.15) is 18.1 Å². The number of amides is 2. The highest BCUT2D eigenvalue weighted by molar-refractivity contribution is 5.99. The molecule has 0 aliphatic rings. The van der Waals surface area contributed by atoms with Crippen molar-refractivity contribution in [3.63, 3.8) is 0 Å². The summed E-state index contributed by atoms with van der Waals surface area (Å²) in [5, 5.41) is 5.59. The third kappa shape index (κ3) is 3.83. The number of benzene rings is 2. The Morgan fingerprint density at radius 1 is 1.00 bits per heavy atom. The SMILES string of the molecule is CCc1ccc(NC(=O)Nc2cccc(CN)c2)cc1. The molecule has 2 aromatic rings. The van der Waals surface area contributed by atoms with E-state index in [1.165, 1.54) is 5.56 Å². The van der Waals surface area contributed by atoms with Crippen LogP contribution in [0.4, 0.5) is 16.2 Å². The van der Waals surface area contributed by atoms with E-state index in [0.717, 1.165) is 23.4 Å². The van der Waals surface area contributed by atoms with Crippen LogP contribution < -0.4 is 16.4 Å². The molecule has 2 rings (SSSR count). The summed E-state index contributed by atoms with van der Waals surface area (Å²) in [5.41, 5.74) is 9.30. The normalized spacial score (nSPS) is 10.1. The minimum absolute atomic E-state index is 0.261. The number of hydrogen-bond donors (Lipinski definition) is 3. The number of carbonyl (C=O) groups is 1. The molecule has 2 amide bonds. The van der Waals surface area contributed by atoms with Crippen LogP contribution >= 0.6 is 0 Å². The van der Waals surface area contributed by atoms with Crippen molar-refractivity contribution < 1.29 is 4.79 Å². The summed E-state index contributed by atoms with van der Waals surface area (Å²) in [6.07, 6.45) is 0.984. The number of rotatable bonds is 4. The molecule has 0 saturated heterocycles. The van der Waals surface area contributed by atoms with E-state index >= 15 is 0 Å². The fourth-order valence-corrected chi connectivity index (χ4v) is 1.89. The predicted octanol–water partition coefficient (Wildman–Crippen LogP) is 3.35. The largest absolute Gasteiger partial charge is 0.326 e. The zero-order valence-electron chi connectivity index (χ0n) is 11.5. The first kappa shape index (κ1) is 14.1. The van der Waals surface area contributed by atoms with E-state index in [0.29, 0.717) is 6.54 Å². The third-order valence-electron chi connectivity index (χ3n) is 3.04. The highest BCUT2D eigenvalue weighted by Crippen LogP contribution is 2.13. The summed E-state index contributed by atoms with van der Waals surface area (Å²) < 4.78 is 0. The van der Waals surface area contributed by atoms with Crippen molar-refractivity contribution in [2.45, 2.75) is 19.9 Å². The molecule has 0 atom stereocenters. The Labute approximate surface area is 119 Å². The molecule has 4 nitrogen and oxygen atoms in total. The van der Waals surface area contributed by atoms with Gasteiger partial charge in [0.25, 0.3) is 0 Å². The van der Waals surface area contributed by atoms with E-state index in [4.69, 9.17) is 5.73 Å². The molecule has 0 radical (unpaired) electrons. The number of nitrogens with two attached hydrogens (primary N) is 1. The van der Waals surface area contributed by atoms with Gasteiger partial charge in [-0.2, -0.15) is 0 Å². The van der Waals surface area contributed by atoms with Gasteiger partial charge in [0, 0.05) is 17.9 Å². The van der Waals surface area contributed by atoms with Gasteiger partial charge in [0.1, 0.15) is 0 Å². The first-order chi connectivity index (χ1) is 9.71. The molecule has 0 saturated carbocycles. The first-order valence-corrected chi connectivity index (χ1v) is 6.67. The molecule has 0 aliphatic carbocycles. The predicted molar refractivity (Wildman–Crippen MR) is 82.8 cm³/mol. The van der Waals surface area contributed by atoms with Crippen molar-refractivity contribution >= 4 is 17.4 Å². The maximum atomic E-state index is 11.9. The topological polar surface area (TPSA) is 67.2 Å². The van der Waals surface area contributed by atoms with Crippen LogP contribution in [0.25, 0.3) is 0 Å². The molecule has 0 aromatic heterocycles. The van der Waals surface area contributed by atoms with Crippen molar-refractivity contribution in [2.24, 2.45) is 5.73 Å². The molecule has 0 spiro atoms. The number of urea groups is 1. The Morgan fingerprint density at radius 2 is 1.70 bits per heavy atom. The molecule has 0 unspecified atom stereocenters. The third-order valence-corrected chi connectivity index (χ3v) is 3.04. The van der Waals surface area contributed by atoms with Crippen molar-refractivity contribution in [3.05, 3.63) is 59.7 Å². The van der Waals surface area contributed by atoms with E-state index in [1.807, 2.05) is 48.5 Å². The number of hydrogen-bond acceptors (Lipinski definition) is 2. The van der Waals surface area contributed by atoms with Gasteiger partial charge in [-0.05, 0) is 41.8 Å². The minimum Gasteiger partial charge on any atom is -0.326 e. The standard InChI is InChI=1S/C16H19N3O/c1-2-12-6-8-14(9-7-12)18-16(20)19-15-5-3-4-13(10-15)11-17/h3-10H,2,11,17H2,1H3,(H2,18,19,20). The molecule has 4 N–H and O–H groups in total. The Bertz CT molecular complexity index is 579. The van der Waals surface area contributed by atoms with Gasteiger partial charge in [-0.3, -0.25) is 0 Å². The van der Waals surface area contributed by atoms with Gasteiger partial charge in [-0.25, -0.2) is 4.79 Å². The second-order valence-corrected chi connectivity index (χ2v) is 4.53. The average Bonchev–Trinajstić information content (AvgIpc) is 2.48. The van der Waals surface area contributed by atoms with Gasteiger partial charge in [0.05, 0.1) is 0 Å². The number of aryl methyl sites for hydroxylation is 1. The molecule has 4 heteroatoms. The van der Waals surface area contributed by atoms with E-state index in [1.54, 1.807) is 0 Å². The van der Waals surface area contributed by atoms with Crippen molar-refractivity contribution in [2.75, 3.05) is 10.6 Å². The van der Waals surface area contributed by atoms with Crippen LogP contribution in [-0.4, -0.2) is 6.03 Å². The maximum Gasteiger partial charge on any atom is 0.323 e. The van der Waals surface area contributed by atoms with Gasteiger partial charge < -0.3 is 16.4 Å². The van der Waals surface area contributed by atoms with Gasteiger partial charge in [-0.1, -0.05) is 31.2 Å². The minimum atomic E-state index is -0.261. The molecule has 0 heterocycles. The van der Waals surface area contributed by atoms with Crippen LogP contribution in [0, 0.1) is 0 Å². The van der Waals surface area contributed by atoms with E-state index in [2.05, 4.69) is 17.6 Å². The Hall–Kier alpha value is -2.33. The second kappa shape index (κ2) is 6.73. The van der Waals surface area contributed by atoms with Gasteiger partial charge in [0.2, 0.25) is 0 Å². The summed E-state index contributed by atoms with van der Waals surface area (Å²) in [6, 6.07) is 15.0. The molecular weight excluding hydrogens is 250 g/mol. The molecule has 0 aliphatic heterocycles. The molecular formula is C16H19N3O. The highest BCUT2D eigenvalue weighted by Gasteiger charge is 2.03. The summed E-state index contributed by atoms with van der Waals surface area (Å²) in [7, 11) is 0. The Balaban J connectivity index is 1.97. The number of nitrogens with one attached hydrogen (secondary N) is 2. The van der Waals surface area contributed by atoms with Crippen molar-refractivity contribution in [3.8, 4) is 0 Å². The van der Waals surface area contributed by atoms with Crippen LogP contribution in [-0.2, 0) is 13.0 Å². The molecule has 20 heavy (non-hydrogen) atoms. The lowest BCUT2D eigenvalue weighted by Crippen LogP contribution is -2.19. The zero-order valence-corrected chi connectivity index (χ0v) is 11.5. The highest BCUT2D eigenvalue weighted by atomic mass is 16.2. The lowest BCUT2D eigenvalue weighted by atomic mass is 10.1. The Kier molecular flexibility index (Phi) is 4.74. The molecule has 104 valence electrons. The monoisotopic (exact) mass is 269 g/mol. The lowest BCUT2D eigenvalue weighted by Gasteiger charge is -2.09. The van der Waals surface area contributed by atoms with Crippen molar-refractivity contribution in [1.82, 2.24) is 0 Å². The summed E-state index contributed by atoms with van der Waals surface area (Å²) in [6.45, 7) is 2.55. The van der Waals surface area contributed by atoms with Gasteiger partial charge >= 0.3 is 6.03 Å². The fraction of sp³-hybridized carbons (Fsp3) is 0.188. The maximum absolute atomic E-state index is 11.9. The first-order valence-electron chi connectivity index (χ1n) is 6.67. The van der Waals surface area contributed by atoms with E-state index in [-0.39, 0.29) is 6.03 Å². The van der Waals surface area contributed by atoms with Crippen molar-refractivity contribution in [1.29, 1.82) is 0 Å². The van der Waals surface area contributed by atoms with E-state index in [9.17, 15) is 4.79 Å². The quantitative estimate of drug-likeness (QED) is 0.796. The summed E-state index contributed by atoms with van der Waals surface area (Å²) in [5.74, 6) is 0. The summed E-state index contributed by atoms with van der Waals surface area (Å²) in [4.78, 5) is 11.9. The smallest absolute Gasteiger partial charge is 0.323 e. The average molecular weight is 269 g/mol. The van der Waals surface area contributed by atoms with Gasteiger partial charge in [-0.15, -0.1) is 0 Å². The second-order valence-electron chi connectivity index (χ2n) is 4.53. The van der Waals surface area contributed by atoms with Crippen LogP contribution in [0.5, 0.6) is 0 Å².